The smallest absolute Gasteiger partial charge is 0.241 e. The monoisotopic (exact) mass is 345 g/mol. The summed E-state index contributed by atoms with van der Waals surface area (Å²) in [6.45, 7) is 3.22. The lowest BCUT2D eigenvalue weighted by molar-refractivity contribution is -0.128. The molecule has 1 fully saturated rings. The number of pyridine rings is 1. The van der Waals surface area contributed by atoms with Crippen molar-refractivity contribution in [3.63, 3.8) is 0 Å². The fourth-order valence-electron chi connectivity index (χ4n) is 3.04. The lowest BCUT2D eigenvalue weighted by atomic mass is 9.87. The number of likely N-dealkylation sites (N-methyl/N-ethyl adjacent to an activating group) is 1. The van der Waals surface area contributed by atoms with Gasteiger partial charge < -0.3 is 15.5 Å². The van der Waals surface area contributed by atoms with Gasteiger partial charge in [0.1, 0.15) is 0 Å². The Morgan fingerprint density at radius 2 is 2.08 bits per heavy atom. The average molecular weight is 345 g/mol. The van der Waals surface area contributed by atoms with Crippen molar-refractivity contribution in [3.8, 4) is 0 Å². The highest BCUT2D eigenvalue weighted by Gasteiger charge is 2.19. The maximum atomic E-state index is 12.3. The summed E-state index contributed by atoms with van der Waals surface area (Å²) in [6, 6.07) is 6.30. The van der Waals surface area contributed by atoms with E-state index in [2.05, 4.69) is 27.5 Å². The van der Waals surface area contributed by atoms with Crippen LogP contribution < -0.4 is 10.6 Å². The fourth-order valence-corrected chi connectivity index (χ4v) is 3.04. The molecule has 0 atom stereocenters. The molecule has 0 radical (unpaired) electrons. The van der Waals surface area contributed by atoms with Crippen molar-refractivity contribution in [2.45, 2.75) is 45.1 Å². The fraction of sp³-hybridized carbons (Fsp3) is 0.632. The molecule has 1 amide bonds. The highest BCUT2D eigenvalue weighted by Crippen LogP contribution is 2.23. The minimum absolute atomic E-state index is 0.0520. The summed E-state index contributed by atoms with van der Waals surface area (Å²) in [7, 11) is 3.57. The van der Waals surface area contributed by atoms with Gasteiger partial charge in [-0.15, -0.1) is 0 Å². The van der Waals surface area contributed by atoms with Gasteiger partial charge in [-0.25, -0.2) is 0 Å². The molecule has 138 valence electrons. The molecule has 1 saturated carbocycles. The van der Waals surface area contributed by atoms with Crippen molar-refractivity contribution >= 4 is 11.9 Å². The summed E-state index contributed by atoms with van der Waals surface area (Å²) < 4.78 is 0. The lowest BCUT2D eigenvalue weighted by Gasteiger charge is -2.28. The molecule has 0 saturated heterocycles. The number of hydrogen-bond donors (Lipinski definition) is 2. The van der Waals surface area contributed by atoms with Crippen molar-refractivity contribution in [2.24, 2.45) is 10.9 Å². The summed E-state index contributed by atoms with van der Waals surface area (Å²) >= 11 is 0. The second-order valence-corrected chi connectivity index (χ2v) is 6.91. The highest BCUT2D eigenvalue weighted by atomic mass is 16.2. The van der Waals surface area contributed by atoms with Gasteiger partial charge in [0, 0.05) is 45.0 Å². The Hall–Kier alpha value is -2.11. The van der Waals surface area contributed by atoms with Gasteiger partial charge in [-0.1, -0.05) is 13.0 Å². The molecule has 1 aromatic rings. The maximum absolute atomic E-state index is 12.3. The minimum Gasteiger partial charge on any atom is -0.354 e. The number of aliphatic imine (C=N–C) groups is 1. The summed E-state index contributed by atoms with van der Waals surface area (Å²) in [6.07, 6.45) is 7.38. The predicted octanol–water partition coefficient (Wildman–Crippen LogP) is 1.83. The standard InChI is InChI=1S/C19H31N5O/c1-15-7-9-17(10-8-15)23-19(20-2)22-14-18(25)24(3)13-11-16-6-4-5-12-21-16/h4-6,12,15,17H,7-11,13-14H2,1-3H3,(H2,20,22,23). The molecule has 2 N–H and O–H groups in total. The van der Waals surface area contributed by atoms with Crippen LogP contribution in [0.25, 0.3) is 0 Å². The van der Waals surface area contributed by atoms with E-state index in [4.69, 9.17) is 0 Å². The average Bonchev–Trinajstić information content (AvgIpc) is 2.65. The van der Waals surface area contributed by atoms with Crippen molar-refractivity contribution in [3.05, 3.63) is 30.1 Å². The molecule has 1 aliphatic carbocycles. The molecular weight excluding hydrogens is 314 g/mol. The van der Waals surface area contributed by atoms with Crippen molar-refractivity contribution < 1.29 is 4.79 Å². The zero-order valence-electron chi connectivity index (χ0n) is 15.7. The van der Waals surface area contributed by atoms with E-state index in [9.17, 15) is 4.79 Å². The van der Waals surface area contributed by atoms with Gasteiger partial charge in [0.2, 0.25) is 5.91 Å². The predicted molar refractivity (Wildman–Crippen MR) is 101 cm³/mol. The van der Waals surface area contributed by atoms with Crippen LogP contribution in [0.1, 0.15) is 38.3 Å². The number of carbonyl (C=O) groups excluding carboxylic acids is 1. The van der Waals surface area contributed by atoms with E-state index in [1.807, 2.05) is 25.2 Å². The first-order chi connectivity index (χ1) is 12.1. The van der Waals surface area contributed by atoms with Crippen LogP contribution in [0.15, 0.2) is 29.4 Å². The molecule has 6 heteroatoms. The van der Waals surface area contributed by atoms with Gasteiger partial charge in [0.15, 0.2) is 5.96 Å². The van der Waals surface area contributed by atoms with Crippen LogP contribution in [0.2, 0.25) is 0 Å². The zero-order chi connectivity index (χ0) is 18.1. The molecule has 1 aromatic heterocycles. The Morgan fingerprint density at radius 3 is 2.72 bits per heavy atom. The van der Waals surface area contributed by atoms with Gasteiger partial charge in [-0.2, -0.15) is 0 Å². The Bertz CT molecular complexity index is 552. The Kier molecular flexibility index (Phi) is 7.70. The third-order valence-corrected chi connectivity index (χ3v) is 4.84. The number of carbonyl (C=O) groups is 1. The maximum Gasteiger partial charge on any atom is 0.241 e. The van der Waals surface area contributed by atoms with E-state index in [-0.39, 0.29) is 12.5 Å². The molecule has 2 rings (SSSR count). The molecule has 6 nitrogen and oxygen atoms in total. The normalized spacial score (nSPS) is 20.8. The van der Waals surface area contributed by atoms with Crippen molar-refractivity contribution in [2.75, 3.05) is 27.2 Å². The zero-order valence-corrected chi connectivity index (χ0v) is 15.7. The van der Waals surface area contributed by atoms with Crippen LogP contribution in [0.4, 0.5) is 0 Å². The summed E-state index contributed by atoms with van der Waals surface area (Å²) in [4.78, 5) is 22.5. The van der Waals surface area contributed by atoms with E-state index < -0.39 is 0 Å². The van der Waals surface area contributed by atoms with E-state index in [0.717, 1.165) is 18.0 Å². The number of rotatable bonds is 6. The lowest BCUT2D eigenvalue weighted by Crippen LogP contribution is -2.48. The van der Waals surface area contributed by atoms with Gasteiger partial charge in [-0.3, -0.25) is 14.8 Å². The SMILES string of the molecule is CN=C(NCC(=O)N(C)CCc1ccccn1)NC1CCC(C)CC1. The van der Waals surface area contributed by atoms with Gasteiger partial charge in [0.25, 0.3) is 0 Å². The Balaban J connectivity index is 1.70. The van der Waals surface area contributed by atoms with Gasteiger partial charge in [0.05, 0.1) is 6.54 Å². The summed E-state index contributed by atoms with van der Waals surface area (Å²) in [5, 5.41) is 6.58. The summed E-state index contributed by atoms with van der Waals surface area (Å²) in [5.41, 5.74) is 0.999. The van der Waals surface area contributed by atoms with Crippen LogP contribution in [-0.2, 0) is 11.2 Å². The van der Waals surface area contributed by atoms with Crippen molar-refractivity contribution in [1.29, 1.82) is 0 Å². The second-order valence-electron chi connectivity index (χ2n) is 6.91. The Labute approximate surface area is 151 Å². The first kappa shape index (κ1) is 19.2. The van der Waals surface area contributed by atoms with Crippen LogP contribution in [-0.4, -0.2) is 55.0 Å². The van der Waals surface area contributed by atoms with Crippen LogP contribution in [0.5, 0.6) is 0 Å². The first-order valence-electron chi connectivity index (χ1n) is 9.19. The van der Waals surface area contributed by atoms with Crippen LogP contribution in [0, 0.1) is 5.92 Å². The quantitative estimate of drug-likeness (QED) is 0.610. The van der Waals surface area contributed by atoms with E-state index >= 15 is 0 Å². The van der Waals surface area contributed by atoms with E-state index in [1.54, 1.807) is 18.1 Å². The number of nitrogens with zero attached hydrogens (tertiary/aromatic N) is 3. The third kappa shape index (κ3) is 6.72. The number of hydrogen-bond acceptors (Lipinski definition) is 3. The molecular formula is C19H31N5O. The largest absolute Gasteiger partial charge is 0.354 e. The van der Waals surface area contributed by atoms with Crippen LogP contribution >= 0.6 is 0 Å². The van der Waals surface area contributed by atoms with Gasteiger partial charge in [-0.05, 0) is 43.7 Å². The van der Waals surface area contributed by atoms with Gasteiger partial charge >= 0.3 is 0 Å². The third-order valence-electron chi connectivity index (χ3n) is 4.84. The second kappa shape index (κ2) is 10.0. The van der Waals surface area contributed by atoms with E-state index in [1.165, 1.54) is 25.7 Å². The Morgan fingerprint density at radius 1 is 1.32 bits per heavy atom. The van der Waals surface area contributed by atoms with E-state index in [0.29, 0.717) is 18.5 Å². The minimum atomic E-state index is 0.0520. The topological polar surface area (TPSA) is 69.6 Å². The molecule has 0 aromatic carbocycles. The molecule has 25 heavy (non-hydrogen) atoms. The molecule has 0 spiro atoms. The number of amides is 1. The van der Waals surface area contributed by atoms with Crippen molar-refractivity contribution in [1.82, 2.24) is 20.5 Å². The number of aromatic nitrogens is 1. The molecule has 0 aliphatic heterocycles. The summed E-state index contributed by atoms with van der Waals surface area (Å²) in [5.74, 6) is 1.59. The molecule has 0 unspecified atom stereocenters. The number of guanidine groups is 1. The molecule has 1 aliphatic rings. The number of nitrogens with one attached hydrogen (secondary N) is 2. The van der Waals surface area contributed by atoms with Crippen LogP contribution in [0.3, 0.4) is 0 Å². The molecule has 1 heterocycles. The highest BCUT2D eigenvalue weighted by molar-refractivity contribution is 5.86. The first-order valence-corrected chi connectivity index (χ1v) is 9.19. The molecule has 0 bridgehead atoms.